The van der Waals surface area contributed by atoms with Crippen molar-refractivity contribution in [2.24, 2.45) is 11.8 Å². The lowest BCUT2D eigenvalue weighted by Crippen LogP contribution is -2.60. The van der Waals surface area contributed by atoms with Crippen molar-refractivity contribution in [2.75, 3.05) is 26.4 Å². The Labute approximate surface area is 272 Å². The molecule has 0 saturated carbocycles. The molecule has 46 heavy (non-hydrogen) atoms. The Kier molecular flexibility index (Phi) is 9.91. The first kappa shape index (κ1) is 31.6. The van der Waals surface area contributed by atoms with E-state index in [-0.39, 0.29) is 41.8 Å². The highest BCUT2D eigenvalue weighted by molar-refractivity contribution is 5.89. The first-order valence-corrected chi connectivity index (χ1v) is 16.5. The number of nitrogens with one attached hydrogen (secondary N) is 2. The zero-order valence-electron chi connectivity index (χ0n) is 27.1. The minimum Gasteiger partial charge on any atom is -0.494 e. The van der Waals surface area contributed by atoms with Gasteiger partial charge in [0, 0.05) is 24.2 Å². The fourth-order valence-electron chi connectivity index (χ4n) is 7.03. The number of carbonyl (C=O) groups is 1. The maximum atomic E-state index is 15.0. The van der Waals surface area contributed by atoms with Gasteiger partial charge in [-0.15, -0.1) is 0 Å². The van der Waals surface area contributed by atoms with E-state index < -0.39 is 0 Å². The molecule has 240 valence electrons. The number of hydrogen-bond donors (Lipinski definition) is 2. The van der Waals surface area contributed by atoms with Crippen molar-refractivity contribution in [3.63, 3.8) is 0 Å². The first-order chi connectivity index (χ1) is 22.5. The zero-order chi connectivity index (χ0) is 32.0. The number of Topliss-reactive ketones (excluding diaryl/α,β-unsaturated/α-hetero) is 1. The summed E-state index contributed by atoms with van der Waals surface area (Å²) in [6.45, 7) is 10.3. The molecule has 4 aromatic rings. The number of ketones is 1. The van der Waals surface area contributed by atoms with Crippen molar-refractivity contribution in [3.8, 4) is 23.0 Å². The Morgan fingerprint density at radius 2 is 0.630 bits per heavy atom. The molecule has 7 nitrogen and oxygen atoms in total. The normalized spacial score (nSPS) is 23.9. The van der Waals surface area contributed by atoms with E-state index in [9.17, 15) is 0 Å². The van der Waals surface area contributed by atoms with Gasteiger partial charge >= 0.3 is 0 Å². The molecule has 2 fully saturated rings. The van der Waals surface area contributed by atoms with Gasteiger partial charge in [-0.3, -0.25) is 4.79 Å². The van der Waals surface area contributed by atoms with Gasteiger partial charge in [0.1, 0.15) is 28.8 Å². The lowest BCUT2D eigenvalue weighted by Gasteiger charge is -2.52. The summed E-state index contributed by atoms with van der Waals surface area (Å²) in [6.07, 6.45) is 0. The summed E-state index contributed by atoms with van der Waals surface area (Å²) in [5, 5.41) is 7.98. The smallest absolute Gasteiger partial charge is 0.146 e. The summed E-state index contributed by atoms with van der Waals surface area (Å²) in [5.41, 5.74) is 4.20. The van der Waals surface area contributed by atoms with Gasteiger partial charge in [0.15, 0.2) is 0 Å². The number of benzene rings is 4. The highest BCUT2D eigenvalue weighted by Gasteiger charge is 2.55. The van der Waals surface area contributed by atoms with Crippen molar-refractivity contribution < 1.29 is 23.7 Å². The number of ether oxygens (including phenoxy) is 4. The molecule has 2 unspecified atom stereocenters. The fraction of sp³-hybridized carbons (Fsp3) is 0.359. The van der Waals surface area contributed by atoms with Crippen LogP contribution in [0, 0.1) is 11.8 Å². The molecule has 2 saturated heterocycles. The van der Waals surface area contributed by atoms with Gasteiger partial charge in [-0.1, -0.05) is 48.5 Å². The number of hydrogen-bond acceptors (Lipinski definition) is 7. The van der Waals surface area contributed by atoms with E-state index in [0.717, 1.165) is 45.3 Å². The van der Waals surface area contributed by atoms with Gasteiger partial charge in [-0.2, -0.15) is 0 Å². The van der Waals surface area contributed by atoms with Gasteiger partial charge in [0.25, 0.3) is 0 Å². The van der Waals surface area contributed by atoms with Gasteiger partial charge in [0.2, 0.25) is 0 Å². The molecule has 0 radical (unpaired) electrons. The van der Waals surface area contributed by atoms with E-state index in [1.165, 1.54) is 0 Å². The van der Waals surface area contributed by atoms with Gasteiger partial charge in [-0.05, 0) is 98.5 Å². The van der Waals surface area contributed by atoms with Crippen LogP contribution < -0.4 is 29.6 Å². The summed E-state index contributed by atoms with van der Waals surface area (Å²) < 4.78 is 23.0. The van der Waals surface area contributed by atoms with E-state index >= 15 is 4.79 Å². The highest BCUT2D eigenvalue weighted by atomic mass is 16.5. The molecule has 0 aromatic heterocycles. The van der Waals surface area contributed by atoms with Crippen LogP contribution in [-0.4, -0.2) is 32.2 Å². The molecule has 6 rings (SSSR count). The maximum absolute atomic E-state index is 15.0. The van der Waals surface area contributed by atoms with Crippen LogP contribution in [0.25, 0.3) is 0 Å². The topological polar surface area (TPSA) is 78.1 Å². The number of piperidine rings is 2. The lowest BCUT2D eigenvalue weighted by atomic mass is 9.64. The van der Waals surface area contributed by atoms with E-state index in [0.29, 0.717) is 26.4 Å². The summed E-state index contributed by atoms with van der Waals surface area (Å²) >= 11 is 0. The monoisotopic (exact) mass is 620 g/mol. The molecule has 2 aliphatic heterocycles. The molecule has 2 heterocycles. The third-order valence-corrected chi connectivity index (χ3v) is 9.01. The predicted molar refractivity (Wildman–Crippen MR) is 180 cm³/mol. The van der Waals surface area contributed by atoms with Crippen molar-refractivity contribution in [2.45, 2.75) is 51.9 Å². The second kappa shape index (κ2) is 14.4. The summed E-state index contributed by atoms with van der Waals surface area (Å²) in [4.78, 5) is 15.0. The number of rotatable bonds is 12. The summed E-state index contributed by atoms with van der Waals surface area (Å²) in [7, 11) is 0. The Morgan fingerprint density at radius 1 is 0.413 bits per heavy atom. The fourth-order valence-corrected chi connectivity index (χ4v) is 7.03. The van der Waals surface area contributed by atoms with Crippen LogP contribution in [-0.2, 0) is 4.79 Å². The molecule has 4 aromatic carbocycles. The van der Waals surface area contributed by atoms with Gasteiger partial charge in [0.05, 0.1) is 38.3 Å². The SMILES string of the molecule is CCOc1ccc([C@H]2N[C@@H](c3ccc(OCC)cc3)C3C(=O)C2[C@H](c2ccc(OCC)cc2)N[C@H]3c2ccc(OCC)cc2)cc1. The van der Waals surface area contributed by atoms with Crippen molar-refractivity contribution in [3.05, 3.63) is 119 Å². The van der Waals surface area contributed by atoms with E-state index in [4.69, 9.17) is 18.9 Å². The van der Waals surface area contributed by atoms with Crippen molar-refractivity contribution in [1.29, 1.82) is 0 Å². The minimum absolute atomic E-state index is 0.235. The first-order valence-electron chi connectivity index (χ1n) is 16.5. The quantitative estimate of drug-likeness (QED) is 0.169. The Hall–Kier alpha value is -4.33. The molecular weight excluding hydrogens is 576 g/mol. The molecular formula is C39H44N2O5. The van der Waals surface area contributed by atoms with Crippen LogP contribution in [0.5, 0.6) is 23.0 Å². The maximum Gasteiger partial charge on any atom is 0.146 e. The Morgan fingerprint density at radius 3 is 0.826 bits per heavy atom. The molecule has 2 bridgehead atoms. The van der Waals surface area contributed by atoms with Crippen LogP contribution in [0.15, 0.2) is 97.1 Å². The van der Waals surface area contributed by atoms with Crippen molar-refractivity contribution in [1.82, 2.24) is 10.6 Å². The molecule has 0 spiro atoms. The number of carbonyl (C=O) groups excluding carboxylic acids is 1. The largest absolute Gasteiger partial charge is 0.494 e. The van der Waals surface area contributed by atoms with E-state index in [2.05, 4.69) is 59.2 Å². The average Bonchev–Trinajstić information content (AvgIpc) is 3.07. The Bertz CT molecular complexity index is 1340. The average molecular weight is 621 g/mol. The van der Waals surface area contributed by atoms with E-state index in [1.807, 2.05) is 76.2 Å². The number of fused-ring (bicyclic) bond motifs is 2. The van der Waals surface area contributed by atoms with Gasteiger partial charge in [-0.25, -0.2) is 0 Å². The van der Waals surface area contributed by atoms with Crippen LogP contribution in [0.3, 0.4) is 0 Å². The van der Waals surface area contributed by atoms with Crippen LogP contribution >= 0.6 is 0 Å². The minimum atomic E-state index is -0.348. The zero-order valence-corrected chi connectivity index (χ0v) is 27.1. The van der Waals surface area contributed by atoms with Crippen LogP contribution in [0.1, 0.15) is 74.1 Å². The predicted octanol–water partition coefficient (Wildman–Crippen LogP) is 7.55. The molecule has 2 N–H and O–H groups in total. The van der Waals surface area contributed by atoms with E-state index in [1.54, 1.807) is 0 Å². The third kappa shape index (κ3) is 6.48. The standard InChI is InChI=1S/C39H44N2O5/c1-5-43-29-17-9-25(10-18-29)35-33-36(26-11-19-30(20-12-26)44-6-2)41-38(28-15-23-32(24-16-28)46-8-4)34(39(33)42)37(40-35)27-13-21-31(22-14-27)45-7-3/h9-24,33-38,40-41H,5-8H2,1-4H3/t33?,34?,35-,36-,37-,38+/m0/s1. The second-order valence-corrected chi connectivity index (χ2v) is 11.7. The second-order valence-electron chi connectivity index (χ2n) is 11.7. The third-order valence-electron chi connectivity index (χ3n) is 9.01. The molecule has 0 amide bonds. The molecule has 6 atom stereocenters. The van der Waals surface area contributed by atoms with Crippen LogP contribution in [0.2, 0.25) is 0 Å². The molecule has 7 heteroatoms. The summed E-state index contributed by atoms with van der Waals surface area (Å²) in [6, 6.07) is 31.7. The van der Waals surface area contributed by atoms with Crippen LogP contribution in [0.4, 0.5) is 0 Å². The van der Waals surface area contributed by atoms with Gasteiger partial charge < -0.3 is 29.6 Å². The summed E-state index contributed by atoms with van der Waals surface area (Å²) in [5.74, 6) is 2.81. The van der Waals surface area contributed by atoms with Crippen molar-refractivity contribution >= 4 is 5.78 Å². The lowest BCUT2D eigenvalue weighted by molar-refractivity contribution is -0.139. The Balaban J connectivity index is 1.45. The highest BCUT2D eigenvalue weighted by Crippen LogP contribution is 2.52. The molecule has 0 aliphatic carbocycles. The molecule has 2 aliphatic rings.